The van der Waals surface area contributed by atoms with Gasteiger partial charge in [0.2, 0.25) is 0 Å². The normalized spacial score (nSPS) is 14.9. The van der Waals surface area contributed by atoms with Gasteiger partial charge in [-0.05, 0) is 25.0 Å². The zero-order valence-corrected chi connectivity index (χ0v) is 9.28. The number of nitrogens with zero attached hydrogens (tertiary/aromatic N) is 1. The van der Waals surface area contributed by atoms with Gasteiger partial charge >= 0.3 is 0 Å². The summed E-state index contributed by atoms with van der Waals surface area (Å²) in [4.78, 5) is 3.96. The van der Waals surface area contributed by atoms with Crippen molar-refractivity contribution < 1.29 is 10.2 Å². The Hall–Kier alpha value is -0.840. The molecule has 2 unspecified atom stereocenters. The number of alkyl halides is 1. The van der Waals surface area contributed by atoms with Crippen LogP contribution in [-0.2, 0) is 0 Å². The molecule has 5 heteroatoms. The average Bonchev–Trinajstić information content (AvgIpc) is 2.21. The van der Waals surface area contributed by atoms with E-state index < -0.39 is 12.2 Å². The van der Waals surface area contributed by atoms with Gasteiger partial charge in [-0.15, -0.1) is 11.6 Å². The molecule has 4 nitrogen and oxygen atoms in total. The summed E-state index contributed by atoms with van der Waals surface area (Å²) < 4.78 is 0. The Kier molecular flexibility index (Phi) is 4.32. The minimum atomic E-state index is -1.01. The molecule has 0 spiro atoms. The number of halogens is 1. The smallest absolute Gasteiger partial charge is 0.122 e. The van der Waals surface area contributed by atoms with E-state index in [2.05, 4.69) is 4.98 Å². The first-order chi connectivity index (χ1) is 7.06. The quantitative estimate of drug-likeness (QED) is 0.674. The lowest BCUT2D eigenvalue weighted by atomic mass is 10.1. The highest BCUT2D eigenvalue weighted by Crippen LogP contribution is 2.20. The van der Waals surface area contributed by atoms with Crippen molar-refractivity contribution in [2.24, 2.45) is 0 Å². The Bertz CT molecular complexity index is 333. The molecule has 0 aliphatic carbocycles. The topological polar surface area (TPSA) is 79.4 Å². The first-order valence-corrected chi connectivity index (χ1v) is 5.23. The van der Waals surface area contributed by atoms with E-state index in [1.165, 1.54) is 6.20 Å². The minimum absolute atomic E-state index is 0.298. The molecule has 0 bridgehead atoms. The van der Waals surface area contributed by atoms with Gasteiger partial charge in [0.1, 0.15) is 6.10 Å². The molecule has 15 heavy (non-hydrogen) atoms. The number of aliphatic hydroxyl groups is 2. The van der Waals surface area contributed by atoms with Gasteiger partial charge in [0.05, 0.1) is 23.7 Å². The van der Waals surface area contributed by atoms with E-state index in [1.807, 2.05) is 6.92 Å². The second-order valence-electron chi connectivity index (χ2n) is 3.46. The molecule has 0 radical (unpaired) electrons. The van der Waals surface area contributed by atoms with Crippen LogP contribution in [0.2, 0.25) is 0 Å². The highest BCUT2D eigenvalue weighted by molar-refractivity contribution is 6.17. The third-order valence-electron chi connectivity index (χ3n) is 2.24. The fourth-order valence-corrected chi connectivity index (χ4v) is 1.44. The van der Waals surface area contributed by atoms with E-state index in [9.17, 15) is 10.2 Å². The van der Waals surface area contributed by atoms with Crippen LogP contribution in [0.15, 0.2) is 12.3 Å². The molecular weight excluding hydrogens is 216 g/mol. The Balaban J connectivity index is 2.81. The van der Waals surface area contributed by atoms with Gasteiger partial charge in [0.15, 0.2) is 0 Å². The SMILES string of the molecule is Cc1cc(C(O)C(O)CCCl)ncc1N. The van der Waals surface area contributed by atoms with Crippen LogP contribution in [0.25, 0.3) is 0 Å². The molecule has 0 aliphatic rings. The van der Waals surface area contributed by atoms with Gasteiger partial charge in [-0.1, -0.05) is 0 Å². The molecule has 2 atom stereocenters. The second kappa shape index (κ2) is 5.30. The van der Waals surface area contributed by atoms with Crippen LogP contribution in [-0.4, -0.2) is 27.2 Å². The summed E-state index contributed by atoms with van der Waals surface area (Å²) in [6.07, 6.45) is -0.101. The zero-order chi connectivity index (χ0) is 11.4. The highest BCUT2D eigenvalue weighted by atomic mass is 35.5. The van der Waals surface area contributed by atoms with Crippen molar-refractivity contribution in [3.8, 4) is 0 Å². The third kappa shape index (κ3) is 3.06. The number of nitrogen functional groups attached to an aromatic ring is 1. The lowest BCUT2D eigenvalue weighted by molar-refractivity contribution is 0.0144. The number of hydrogen-bond acceptors (Lipinski definition) is 4. The van der Waals surface area contributed by atoms with Gasteiger partial charge in [0, 0.05) is 5.88 Å². The van der Waals surface area contributed by atoms with Crippen molar-refractivity contribution in [1.29, 1.82) is 0 Å². The van der Waals surface area contributed by atoms with Crippen molar-refractivity contribution in [3.05, 3.63) is 23.5 Å². The van der Waals surface area contributed by atoms with Gasteiger partial charge < -0.3 is 15.9 Å². The Labute approximate surface area is 93.7 Å². The first-order valence-electron chi connectivity index (χ1n) is 4.70. The zero-order valence-electron chi connectivity index (χ0n) is 8.52. The highest BCUT2D eigenvalue weighted by Gasteiger charge is 2.19. The maximum Gasteiger partial charge on any atom is 0.122 e. The molecule has 1 rings (SSSR count). The van der Waals surface area contributed by atoms with Crippen molar-refractivity contribution in [2.45, 2.75) is 25.6 Å². The summed E-state index contributed by atoms with van der Waals surface area (Å²) >= 11 is 5.47. The first kappa shape index (κ1) is 12.2. The molecule has 1 aromatic rings. The lowest BCUT2D eigenvalue weighted by Gasteiger charge is -2.16. The number of hydrogen-bond donors (Lipinski definition) is 3. The van der Waals surface area contributed by atoms with Gasteiger partial charge in [0.25, 0.3) is 0 Å². The largest absolute Gasteiger partial charge is 0.397 e. The van der Waals surface area contributed by atoms with Crippen LogP contribution in [0.1, 0.15) is 23.8 Å². The predicted molar refractivity (Wildman–Crippen MR) is 59.7 cm³/mol. The van der Waals surface area contributed by atoms with Gasteiger partial charge in [-0.2, -0.15) is 0 Å². The molecule has 0 saturated carbocycles. The number of pyridine rings is 1. The fraction of sp³-hybridized carbons (Fsp3) is 0.500. The number of rotatable bonds is 4. The monoisotopic (exact) mass is 230 g/mol. The van der Waals surface area contributed by atoms with E-state index in [0.717, 1.165) is 5.56 Å². The van der Waals surface area contributed by atoms with E-state index >= 15 is 0 Å². The Morgan fingerprint density at radius 3 is 2.73 bits per heavy atom. The van der Waals surface area contributed by atoms with E-state index in [-0.39, 0.29) is 0 Å². The second-order valence-corrected chi connectivity index (χ2v) is 3.83. The number of aromatic nitrogens is 1. The van der Waals surface area contributed by atoms with Gasteiger partial charge in [-0.3, -0.25) is 4.98 Å². The molecule has 1 heterocycles. The maximum atomic E-state index is 9.72. The van der Waals surface area contributed by atoms with Crippen molar-refractivity contribution in [1.82, 2.24) is 4.98 Å². The Morgan fingerprint density at radius 2 is 2.20 bits per heavy atom. The maximum absolute atomic E-state index is 9.72. The molecule has 0 fully saturated rings. The molecule has 0 aliphatic heterocycles. The summed E-state index contributed by atoms with van der Waals surface area (Å²) in [6.45, 7) is 1.82. The third-order valence-corrected chi connectivity index (χ3v) is 2.46. The van der Waals surface area contributed by atoms with Crippen LogP contribution in [0, 0.1) is 6.92 Å². The summed E-state index contributed by atoms with van der Waals surface area (Å²) in [6, 6.07) is 1.66. The standard InChI is InChI=1S/C10H15ClN2O2/c1-6-4-8(13-5-7(6)12)10(15)9(14)2-3-11/h4-5,9-10,14-15H,2-3,12H2,1H3. The molecular formula is C10H15ClN2O2. The summed E-state index contributed by atoms with van der Waals surface area (Å²) in [5.41, 5.74) is 7.41. The average molecular weight is 231 g/mol. The molecule has 4 N–H and O–H groups in total. The van der Waals surface area contributed by atoms with Crippen molar-refractivity contribution in [2.75, 3.05) is 11.6 Å². The minimum Gasteiger partial charge on any atom is -0.397 e. The van der Waals surface area contributed by atoms with E-state index in [1.54, 1.807) is 6.07 Å². The number of aliphatic hydroxyl groups excluding tert-OH is 2. The van der Waals surface area contributed by atoms with E-state index in [4.69, 9.17) is 17.3 Å². The van der Waals surface area contributed by atoms with Crippen molar-refractivity contribution in [3.63, 3.8) is 0 Å². The molecule has 1 aromatic heterocycles. The van der Waals surface area contributed by atoms with Crippen molar-refractivity contribution >= 4 is 17.3 Å². The number of aryl methyl sites for hydroxylation is 1. The summed E-state index contributed by atoms with van der Waals surface area (Å²) in [5, 5.41) is 19.2. The van der Waals surface area contributed by atoms with Crippen LogP contribution in [0.3, 0.4) is 0 Å². The fourth-order valence-electron chi connectivity index (χ4n) is 1.22. The predicted octanol–water partition coefficient (Wildman–Crippen LogP) is 0.995. The Morgan fingerprint density at radius 1 is 1.53 bits per heavy atom. The summed E-state index contributed by atoms with van der Waals surface area (Å²) in [7, 11) is 0. The summed E-state index contributed by atoms with van der Waals surface area (Å²) in [5.74, 6) is 0.298. The molecule has 0 saturated heterocycles. The number of nitrogens with two attached hydrogens (primary N) is 1. The molecule has 84 valence electrons. The van der Waals surface area contributed by atoms with Crippen LogP contribution >= 0.6 is 11.6 Å². The van der Waals surface area contributed by atoms with Crippen LogP contribution < -0.4 is 5.73 Å². The van der Waals surface area contributed by atoms with Crippen LogP contribution in [0.5, 0.6) is 0 Å². The molecule has 0 amide bonds. The van der Waals surface area contributed by atoms with E-state index in [0.29, 0.717) is 23.7 Å². The molecule has 0 aromatic carbocycles. The number of anilines is 1. The van der Waals surface area contributed by atoms with Gasteiger partial charge in [-0.25, -0.2) is 0 Å². The van der Waals surface area contributed by atoms with Crippen LogP contribution in [0.4, 0.5) is 5.69 Å². The lowest BCUT2D eigenvalue weighted by Crippen LogP contribution is -2.19.